The zero-order valence-electron chi connectivity index (χ0n) is 19.0. The lowest BCUT2D eigenvalue weighted by molar-refractivity contribution is 0.588. The van der Waals surface area contributed by atoms with Crippen molar-refractivity contribution < 1.29 is 12.8 Å². The fourth-order valence-corrected chi connectivity index (χ4v) is 6.16. The minimum atomic E-state index is -3.81. The third kappa shape index (κ3) is 3.74. The van der Waals surface area contributed by atoms with Gasteiger partial charge in [-0.25, -0.2) is 21.8 Å². The topological polar surface area (TPSA) is 94.2 Å². The predicted molar refractivity (Wildman–Crippen MR) is 130 cm³/mol. The second kappa shape index (κ2) is 8.16. The molecule has 178 valence electrons. The molecule has 0 amide bonds. The first kappa shape index (κ1) is 21.7. The Morgan fingerprint density at radius 2 is 1.77 bits per heavy atom. The number of benzene rings is 2. The van der Waals surface area contributed by atoms with E-state index in [4.69, 9.17) is 0 Å². The van der Waals surface area contributed by atoms with Crippen LogP contribution in [0.2, 0.25) is 0 Å². The average molecular weight is 491 g/mol. The maximum atomic E-state index is 13.3. The van der Waals surface area contributed by atoms with Crippen LogP contribution in [0, 0.1) is 12.7 Å². The van der Waals surface area contributed by atoms with Crippen molar-refractivity contribution in [2.24, 2.45) is 0 Å². The van der Waals surface area contributed by atoms with Crippen LogP contribution in [-0.4, -0.2) is 38.0 Å². The molecule has 0 aliphatic heterocycles. The fourth-order valence-electron chi connectivity index (χ4n) is 4.86. The molecule has 1 saturated carbocycles. The number of hydrogen-bond donors (Lipinski definition) is 1. The summed E-state index contributed by atoms with van der Waals surface area (Å²) in [5.41, 5.74) is 3.42. The first-order valence-electron chi connectivity index (χ1n) is 11.5. The number of nitrogens with zero attached hydrogens (tertiary/aromatic N) is 5. The second-order valence-electron chi connectivity index (χ2n) is 9.01. The molecule has 0 spiro atoms. The highest BCUT2D eigenvalue weighted by atomic mass is 32.2. The number of fused-ring (bicyclic) bond motifs is 3. The Labute approximate surface area is 201 Å². The standard InChI is InChI=1S/C25H23FN6O2S/c1-16-2-10-21(11-3-16)35(33,34)31-13-12-22-25(31)27-15-23-29-30-24(32(22)23)17-4-7-20(14-17)28-19-8-5-18(26)6-9-19/h2-3,5-6,8-13,15,17,20,28H,4,7,14H2,1H3/t17-,20-/m1/s1. The third-order valence-corrected chi connectivity index (χ3v) is 8.33. The summed E-state index contributed by atoms with van der Waals surface area (Å²) in [6, 6.07) is 15.1. The van der Waals surface area contributed by atoms with Crippen LogP contribution in [0.3, 0.4) is 0 Å². The van der Waals surface area contributed by atoms with Gasteiger partial charge in [-0.05, 0) is 68.7 Å². The van der Waals surface area contributed by atoms with Gasteiger partial charge >= 0.3 is 0 Å². The Bertz CT molecular complexity index is 1640. The Kier molecular flexibility index (Phi) is 5.06. The molecule has 0 bridgehead atoms. The molecule has 5 aromatic rings. The Hall–Kier alpha value is -3.79. The molecule has 8 nitrogen and oxygen atoms in total. The normalized spacial score (nSPS) is 18.5. The molecule has 2 atom stereocenters. The van der Waals surface area contributed by atoms with Gasteiger partial charge in [-0.3, -0.25) is 4.40 Å². The van der Waals surface area contributed by atoms with E-state index in [-0.39, 0.29) is 22.7 Å². The lowest BCUT2D eigenvalue weighted by Gasteiger charge is -2.14. The number of nitrogens with one attached hydrogen (secondary N) is 1. The van der Waals surface area contributed by atoms with Crippen LogP contribution < -0.4 is 5.32 Å². The van der Waals surface area contributed by atoms with Gasteiger partial charge in [0.2, 0.25) is 0 Å². The van der Waals surface area contributed by atoms with Crippen molar-refractivity contribution >= 4 is 32.5 Å². The van der Waals surface area contributed by atoms with Gasteiger partial charge in [0, 0.05) is 23.8 Å². The summed E-state index contributed by atoms with van der Waals surface area (Å²) in [5, 5.41) is 12.2. The van der Waals surface area contributed by atoms with Crippen LogP contribution in [0.4, 0.5) is 10.1 Å². The van der Waals surface area contributed by atoms with Gasteiger partial charge in [0.1, 0.15) is 11.6 Å². The van der Waals surface area contributed by atoms with E-state index in [0.717, 1.165) is 36.3 Å². The summed E-state index contributed by atoms with van der Waals surface area (Å²) in [4.78, 5) is 4.62. The van der Waals surface area contributed by atoms with Crippen molar-refractivity contribution in [1.29, 1.82) is 0 Å². The average Bonchev–Trinajstić information content (AvgIpc) is 3.58. The summed E-state index contributed by atoms with van der Waals surface area (Å²) in [5.74, 6) is 0.677. The van der Waals surface area contributed by atoms with Crippen molar-refractivity contribution in [2.45, 2.75) is 43.0 Å². The van der Waals surface area contributed by atoms with Crippen molar-refractivity contribution in [3.05, 3.63) is 84.2 Å². The Morgan fingerprint density at radius 1 is 1.00 bits per heavy atom. The van der Waals surface area contributed by atoms with Gasteiger partial charge in [-0.2, -0.15) is 0 Å². The molecule has 0 radical (unpaired) electrons. The van der Waals surface area contributed by atoms with E-state index in [9.17, 15) is 12.8 Å². The molecule has 0 saturated heterocycles. The highest BCUT2D eigenvalue weighted by Crippen LogP contribution is 2.36. The number of rotatable bonds is 5. The maximum Gasteiger partial charge on any atom is 0.269 e. The van der Waals surface area contributed by atoms with Gasteiger partial charge in [-0.15, -0.1) is 10.2 Å². The molecule has 1 N–H and O–H groups in total. The third-order valence-electron chi connectivity index (χ3n) is 6.65. The van der Waals surface area contributed by atoms with Crippen molar-refractivity contribution in [1.82, 2.24) is 23.6 Å². The van der Waals surface area contributed by atoms with Crippen LogP contribution >= 0.6 is 0 Å². The highest BCUT2D eigenvalue weighted by Gasteiger charge is 2.30. The van der Waals surface area contributed by atoms with Gasteiger partial charge in [0.15, 0.2) is 11.3 Å². The van der Waals surface area contributed by atoms with Gasteiger partial charge in [0.25, 0.3) is 10.0 Å². The summed E-state index contributed by atoms with van der Waals surface area (Å²) in [6.45, 7) is 1.91. The molecule has 2 aromatic carbocycles. The summed E-state index contributed by atoms with van der Waals surface area (Å²) < 4.78 is 43.0. The van der Waals surface area contributed by atoms with E-state index >= 15 is 0 Å². The predicted octanol–water partition coefficient (Wildman–Crippen LogP) is 4.51. The van der Waals surface area contributed by atoms with E-state index < -0.39 is 10.0 Å². The number of aromatic nitrogens is 5. The summed E-state index contributed by atoms with van der Waals surface area (Å²) in [6.07, 6.45) is 5.77. The largest absolute Gasteiger partial charge is 0.382 e. The fraction of sp³-hybridized carbons (Fsp3) is 0.240. The van der Waals surface area contributed by atoms with Gasteiger partial charge in [-0.1, -0.05) is 17.7 Å². The number of halogens is 1. The van der Waals surface area contributed by atoms with Gasteiger partial charge < -0.3 is 5.32 Å². The second-order valence-corrected chi connectivity index (χ2v) is 10.8. The molecule has 1 aliphatic rings. The smallest absolute Gasteiger partial charge is 0.269 e. The molecule has 10 heteroatoms. The highest BCUT2D eigenvalue weighted by molar-refractivity contribution is 7.90. The van der Waals surface area contributed by atoms with Crippen LogP contribution in [0.25, 0.3) is 16.8 Å². The molecule has 3 aromatic heterocycles. The number of anilines is 1. The van der Waals surface area contributed by atoms with E-state index in [0.29, 0.717) is 16.8 Å². The SMILES string of the molecule is Cc1ccc(S(=O)(=O)n2ccc3c2ncc2nnc([C@@H]4CC[C@@H](Nc5ccc(F)cc5)C4)n23)cc1. The molecular formula is C25H23FN6O2S. The van der Waals surface area contributed by atoms with E-state index in [1.807, 2.05) is 11.3 Å². The lowest BCUT2D eigenvalue weighted by Crippen LogP contribution is -2.15. The minimum absolute atomic E-state index is 0.144. The summed E-state index contributed by atoms with van der Waals surface area (Å²) in [7, 11) is -3.81. The molecule has 1 aliphatic carbocycles. The van der Waals surface area contributed by atoms with Crippen LogP contribution in [0.15, 0.2) is 71.9 Å². The van der Waals surface area contributed by atoms with E-state index in [2.05, 4.69) is 20.5 Å². The maximum absolute atomic E-state index is 13.3. The lowest BCUT2D eigenvalue weighted by atomic mass is 10.1. The molecule has 1 fully saturated rings. The first-order valence-corrected chi connectivity index (χ1v) is 12.9. The number of aryl methyl sites for hydroxylation is 1. The Morgan fingerprint density at radius 3 is 2.54 bits per heavy atom. The van der Waals surface area contributed by atoms with E-state index in [1.54, 1.807) is 48.7 Å². The molecule has 0 unspecified atom stereocenters. The first-order chi connectivity index (χ1) is 16.9. The molecule has 3 heterocycles. The van der Waals surface area contributed by atoms with Gasteiger partial charge in [0.05, 0.1) is 16.6 Å². The van der Waals surface area contributed by atoms with Crippen LogP contribution in [0.1, 0.15) is 36.6 Å². The molecular weight excluding hydrogens is 467 g/mol. The van der Waals surface area contributed by atoms with Crippen LogP contribution in [0.5, 0.6) is 0 Å². The number of hydrogen-bond acceptors (Lipinski definition) is 6. The van der Waals surface area contributed by atoms with E-state index in [1.165, 1.54) is 22.3 Å². The quantitative estimate of drug-likeness (QED) is 0.390. The minimum Gasteiger partial charge on any atom is -0.382 e. The van der Waals surface area contributed by atoms with Crippen LogP contribution in [-0.2, 0) is 10.0 Å². The summed E-state index contributed by atoms with van der Waals surface area (Å²) >= 11 is 0. The Balaban J connectivity index is 1.34. The zero-order valence-corrected chi connectivity index (χ0v) is 19.8. The molecule has 6 rings (SSSR count). The van der Waals surface area contributed by atoms with Crippen molar-refractivity contribution in [3.63, 3.8) is 0 Å². The monoisotopic (exact) mass is 490 g/mol. The zero-order chi connectivity index (χ0) is 24.2. The van der Waals surface area contributed by atoms with Crippen molar-refractivity contribution in [2.75, 3.05) is 5.32 Å². The molecule has 35 heavy (non-hydrogen) atoms. The van der Waals surface area contributed by atoms with Crippen molar-refractivity contribution in [3.8, 4) is 0 Å².